The van der Waals surface area contributed by atoms with Crippen molar-refractivity contribution in [3.63, 3.8) is 0 Å². The van der Waals surface area contributed by atoms with E-state index in [0.29, 0.717) is 5.95 Å². The van der Waals surface area contributed by atoms with E-state index in [1.807, 2.05) is 12.3 Å². The molecule has 2 heterocycles. The minimum Gasteiger partial charge on any atom is -0.354 e. The molecule has 1 aromatic carbocycles. The van der Waals surface area contributed by atoms with Crippen LogP contribution in [0.15, 0.2) is 29.6 Å². The SMILES string of the molecule is CCNc1nc(Nc2ccc(C)c(C)c2)c2ccsc2n1. The molecule has 21 heavy (non-hydrogen) atoms. The summed E-state index contributed by atoms with van der Waals surface area (Å²) in [6, 6.07) is 8.39. The Morgan fingerprint density at radius 2 is 1.95 bits per heavy atom. The number of hydrogen-bond donors (Lipinski definition) is 2. The first-order chi connectivity index (χ1) is 10.2. The second-order valence-corrected chi connectivity index (χ2v) is 5.88. The van der Waals surface area contributed by atoms with E-state index in [9.17, 15) is 0 Å². The summed E-state index contributed by atoms with van der Waals surface area (Å²) in [6.07, 6.45) is 0. The van der Waals surface area contributed by atoms with Crippen LogP contribution in [0.5, 0.6) is 0 Å². The molecular weight excluding hydrogens is 280 g/mol. The topological polar surface area (TPSA) is 49.8 Å². The molecule has 2 N–H and O–H groups in total. The lowest BCUT2D eigenvalue weighted by Crippen LogP contribution is -2.04. The maximum atomic E-state index is 4.58. The van der Waals surface area contributed by atoms with Crippen molar-refractivity contribution in [2.75, 3.05) is 17.2 Å². The highest BCUT2D eigenvalue weighted by atomic mass is 32.1. The Balaban J connectivity index is 2.01. The van der Waals surface area contributed by atoms with Crippen molar-refractivity contribution in [3.8, 4) is 0 Å². The van der Waals surface area contributed by atoms with Crippen LogP contribution in [0, 0.1) is 13.8 Å². The smallest absolute Gasteiger partial charge is 0.226 e. The zero-order valence-electron chi connectivity index (χ0n) is 12.4. The normalized spacial score (nSPS) is 10.8. The van der Waals surface area contributed by atoms with E-state index in [1.165, 1.54) is 11.1 Å². The van der Waals surface area contributed by atoms with E-state index in [1.54, 1.807) is 11.3 Å². The van der Waals surface area contributed by atoms with Crippen molar-refractivity contribution < 1.29 is 0 Å². The van der Waals surface area contributed by atoms with Crippen molar-refractivity contribution in [3.05, 3.63) is 40.8 Å². The number of hydrogen-bond acceptors (Lipinski definition) is 5. The van der Waals surface area contributed by atoms with Crippen LogP contribution < -0.4 is 10.6 Å². The Morgan fingerprint density at radius 3 is 2.71 bits per heavy atom. The van der Waals surface area contributed by atoms with Crippen molar-refractivity contribution in [1.29, 1.82) is 0 Å². The van der Waals surface area contributed by atoms with Gasteiger partial charge in [-0.3, -0.25) is 0 Å². The third-order valence-electron chi connectivity index (χ3n) is 3.43. The first kappa shape index (κ1) is 13.8. The number of nitrogens with zero attached hydrogens (tertiary/aromatic N) is 2. The molecular formula is C16H18N4S. The summed E-state index contributed by atoms with van der Waals surface area (Å²) in [5, 5.41) is 9.69. The lowest BCUT2D eigenvalue weighted by atomic mass is 10.1. The third kappa shape index (κ3) is 2.83. The lowest BCUT2D eigenvalue weighted by Gasteiger charge is -2.10. The summed E-state index contributed by atoms with van der Waals surface area (Å²) in [7, 11) is 0. The monoisotopic (exact) mass is 298 g/mol. The van der Waals surface area contributed by atoms with Gasteiger partial charge in [-0.1, -0.05) is 6.07 Å². The number of aromatic nitrogens is 2. The molecule has 0 amide bonds. The molecule has 0 fully saturated rings. The largest absolute Gasteiger partial charge is 0.354 e. The minimum atomic E-state index is 0.666. The number of fused-ring (bicyclic) bond motifs is 1. The van der Waals surface area contributed by atoms with Gasteiger partial charge in [-0.05, 0) is 55.5 Å². The van der Waals surface area contributed by atoms with Crippen molar-refractivity contribution in [2.45, 2.75) is 20.8 Å². The van der Waals surface area contributed by atoms with Gasteiger partial charge in [-0.25, -0.2) is 4.98 Å². The predicted molar refractivity (Wildman–Crippen MR) is 90.8 cm³/mol. The maximum Gasteiger partial charge on any atom is 0.226 e. The van der Waals surface area contributed by atoms with Crippen molar-refractivity contribution in [2.24, 2.45) is 0 Å². The molecule has 2 aromatic heterocycles. The number of benzene rings is 1. The second-order valence-electron chi connectivity index (χ2n) is 4.99. The highest BCUT2D eigenvalue weighted by molar-refractivity contribution is 7.16. The molecule has 108 valence electrons. The maximum absolute atomic E-state index is 4.58. The molecule has 0 atom stereocenters. The average molecular weight is 298 g/mol. The fraction of sp³-hybridized carbons (Fsp3) is 0.250. The van der Waals surface area contributed by atoms with Crippen LogP contribution in [-0.2, 0) is 0 Å². The molecule has 0 aliphatic carbocycles. The summed E-state index contributed by atoms with van der Waals surface area (Å²) in [5.41, 5.74) is 3.60. The van der Waals surface area contributed by atoms with Crippen LogP contribution in [0.1, 0.15) is 18.1 Å². The molecule has 0 unspecified atom stereocenters. The van der Waals surface area contributed by atoms with Gasteiger partial charge < -0.3 is 10.6 Å². The fourth-order valence-electron chi connectivity index (χ4n) is 2.14. The molecule has 0 spiro atoms. The summed E-state index contributed by atoms with van der Waals surface area (Å²) < 4.78 is 0. The Morgan fingerprint density at radius 1 is 1.10 bits per heavy atom. The van der Waals surface area contributed by atoms with Crippen LogP contribution in [0.4, 0.5) is 17.5 Å². The first-order valence-electron chi connectivity index (χ1n) is 7.00. The van der Waals surface area contributed by atoms with E-state index in [4.69, 9.17) is 0 Å². The molecule has 0 saturated heterocycles. The van der Waals surface area contributed by atoms with Crippen LogP contribution in [0.25, 0.3) is 10.2 Å². The summed E-state index contributed by atoms with van der Waals surface area (Å²) in [4.78, 5) is 10.1. The summed E-state index contributed by atoms with van der Waals surface area (Å²) in [6.45, 7) is 7.08. The molecule has 0 aliphatic rings. The fourth-order valence-corrected chi connectivity index (χ4v) is 2.91. The van der Waals surface area contributed by atoms with E-state index < -0.39 is 0 Å². The van der Waals surface area contributed by atoms with Crippen molar-refractivity contribution in [1.82, 2.24) is 9.97 Å². The summed E-state index contributed by atoms with van der Waals surface area (Å²) >= 11 is 1.63. The summed E-state index contributed by atoms with van der Waals surface area (Å²) in [5.74, 6) is 1.51. The van der Waals surface area contributed by atoms with Gasteiger partial charge in [-0.2, -0.15) is 4.98 Å². The van der Waals surface area contributed by atoms with Crippen molar-refractivity contribution >= 4 is 39.0 Å². The number of thiophene rings is 1. The Bertz CT molecular complexity index is 779. The average Bonchev–Trinajstić information content (AvgIpc) is 2.92. The molecule has 0 radical (unpaired) electrons. The molecule has 5 heteroatoms. The standard InChI is InChI=1S/C16H18N4S/c1-4-17-16-19-14(13-7-8-21-15(13)20-16)18-12-6-5-10(2)11(3)9-12/h5-9H,4H2,1-3H3,(H2,17,18,19,20). The molecule has 3 rings (SSSR count). The Kier molecular flexibility index (Phi) is 3.75. The third-order valence-corrected chi connectivity index (χ3v) is 4.24. The van der Waals surface area contributed by atoms with Gasteiger partial charge in [-0.15, -0.1) is 11.3 Å². The van der Waals surface area contributed by atoms with Gasteiger partial charge in [0.2, 0.25) is 5.95 Å². The zero-order chi connectivity index (χ0) is 14.8. The van der Waals surface area contributed by atoms with Gasteiger partial charge >= 0.3 is 0 Å². The van der Waals surface area contributed by atoms with Gasteiger partial charge in [0, 0.05) is 12.2 Å². The van der Waals surface area contributed by atoms with E-state index in [-0.39, 0.29) is 0 Å². The van der Waals surface area contributed by atoms with Crippen LogP contribution in [-0.4, -0.2) is 16.5 Å². The number of nitrogens with one attached hydrogen (secondary N) is 2. The number of aryl methyl sites for hydroxylation is 2. The lowest BCUT2D eigenvalue weighted by molar-refractivity contribution is 1.11. The van der Waals surface area contributed by atoms with E-state index in [2.05, 4.69) is 58.7 Å². The van der Waals surface area contributed by atoms with Crippen LogP contribution >= 0.6 is 11.3 Å². The molecule has 0 bridgehead atoms. The zero-order valence-corrected chi connectivity index (χ0v) is 13.2. The highest BCUT2D eigenvalue weighted by Gasteiger charge is 2.09. The highest BCUT2D eigenvalue weighted by Crippen LogP contribution is 2.29. The van der Waals surface area contributed by atoms with Gasteiger partial charge in [0.15, 0.2) is 0 Å². The molecule has 0 saturated carbocycles. The Labute approximate surface area is 128 Å². The number of anilines is 3. The molecule has 4 nitrogen and oxygen atoms in total. The Hall–Kier alpha value is -2.14. The van der Waals surface area contributed by atoms with Crippen LogP contribution in [0.2, 0.25) is 0 Å². The van der Waals surface area contributed by atoms with Gasteiger partial charge in [0.1, 0.15) is 10.6 Å². The van der Waals surface area contributed by atoms with Gasteiger partial charge in [0.05, 0.1) is 5.39 Å². The number of rotatable bonds is 4. The molecule has 3 aromatic rings. The quantitative estimate of drug-likeness (QED) is 0.745. The minimum absolute atomic E-state index is 0.666. The predicted octanol–water partition coefficient (Wildman–Crippen LogP) is 4.48. The first-order valence-corrected chi connectivity index (χ1v) is 7.88. The molecule has 0 aliphatic heterocycles. The van der Waals surface area contributed by atoms with E-state index >= 15 is 0 Å². The van der Waals surface area contributed by atoms with Crippen LogP contribution in [0.3, 0.4) is 0 Å². The second kappa shape index (κ2) is 5.69. The van der Waals surface area contributed by atoms with Gasteiger partial charge in [0.25, 0.3) is 0 Å². The van der Waals surface area contributed by atoms with E-state index in [0.717, 1.165) is 28.3 Å².